The largest absolute Gasteiger partial charge is 0.497 e. The predicted octanol–water partition coefficient (Wildman–Crippen LogP) is 7.08. The van der Waals surface area contributed by atoms with E-state index in [1.165, 1.54) is 19.2 Å². The molecule has 0 bridgehead atoms. The standard InChI is InChI=1S/C36H53N5O6Si/c1-23-30(34(42)39-25-11-13-26(14-12-25)40-35(43)47-36(2,3)4)32-33(41(23)22-45-17-18-48(6,7)8)31(37-21-38-32)28-19-27(44-5)15-16-29(28)46-20-24-9-10-24/h15-16,19,21,24-26H,9-14,17-18,20,22H2,1-8H3,(H,39,42)(H,40,43). The van der Waals surface area contributed by atoms with Gasteiger partial charge in [0.2, 0.25) is 0 Å². The molecule has 3 aromatic rings. The van der Waals surface area contributed by atoms with Crippen LogP contribution < -0.4 is 20.1 Å². The summed E-state index contributed by atoms with van der Waals surface area (Å²) in [5, 5.41) is 6.25. The molecule has 2 N–H and O–H groups in total. The molecule has 0 radical (unpaired) electrons. The summed E-state index contributed by atoms with van der Waals surface area (Å²) in [5.74, 6) is 1.80. The van der Waals surface area contributed by atoms with Crippen molar-refractivity contribution in [1.29, 1.82) is 0 Å². The number of amides is 2. The average Bonchev–Trinajstić information content (AvgIpc) is 3.80. The van der Waals surface area contributed by atoms with Crippen LogP contribution in [0, 0.1) is 12.8 Å². The van der Waals surface area contributed by atoms with E-state index in [4.69, 9.17) is 23.9 Å². The molecular formula is C36H53N5O6Si. The second-order valence-electron chi connectivity index (χ2n) is 15.4. The van der Waals surface area contributed by atoms with E-state index in [1.807, 2.05) is 50.5 Å². The van der Waals surface area contributed by atoms with E-state index in [9.17, 15) is 9.59 Å². The van der Waals surface area contributed by atoms with Gasteiger partial charge in [-0.1, -0.05) is 19.6 Å². The Kier molecular flexibility index (Phi) is 11.0. The molecule has 0 aliphatic heterocycles. The number of methoxy groups -OCH3 is 1. The number of alkyl carbamates (subject to hydrolysis) is 1. The zero-order valence-electron chi connectivity index (χ0n) is 29.9. The number of nitrogens with zero attached hydrogens (tertiary/aromatic N) is 3. The number of nitrogens with one attached hydrogen (secondary N) is 2. The third kappa shape index (κ3) is 9.28. The number of carbonyl (C=O) groups excluding carboxylic acids is 2. The van der Waals surface area contributed by atoms with E-state index in [2.05, 4.69) is 35.3 Å². The van der Waals surface area contributed by atoms with Crippen molar-refractivity contribution < 1.29 is 28.5 Å². The fraction of sp³-hybridized carbons (Fsp3) is 0.611. The molecule has 2 heterocycles. The molecule has 0 unspecified atom stereocenters. The number of hydrogen-bond donors (Lipinski definition) is 2. The van der Waals surface area contributed by atoms with Gasteiger partial charge in [0.15, 0.2) is 0 Å². The van der Waals surface area contributed by atoms with E-state index < -0.39 is 19.8 Å². The molecule has 2 fully saturated rings. The number of carbonyl (C=O) groups is 2. The summed E-state index contributed by atoms with van der Waals surface area (Å²) in [6.45, 7) is 16.0. The molecule has 48 heavy (non-hydrogen) atoms. The van der Waals surface area contributed by atoms with Gasteiger partial charge in [0, 0.05) is 38.0 Å². The topological polar surface area (TPSA) is 126 Å². The Bertz CT molecular complexity index is 1600. The van der Waals surface area contributed by atoms with E-state index in [-0.39, 0.29) is 24.7 Å². The van der Waals surface area contributed by atoms with Gasteiger partial charge in [-0.25, -0.2) is 14.8 Å². The van der Waals surface area contributed by atoms with Crippen LogP contribution >= 0.6 is 0 Å². The molecule has 2 amide bonds. The van der Waals surface area contributed by atoms with Crippen molar-refractivity contribution in [2.45, 2.75) is 116 Å². The summed E-state index contributed by atoms with van der Waals surface area (Å²) in [4.78, 5) is 35.8. The minimum absolute atomic E-state index is 0.0134. The Morgan fingerprint density at radius 3 is 2.31 bits per heavy atom. The van der Waals surface area contributed by atoms with Crippen LogP contribution in [0.25, 0.3) is 22.3 Å². The van der Waals surface area contributed by atoms with Gasteiger partial charge >= 0.3 is 6.09 Å². The Balaban J connectivity index is 1.43. The monoisotopic (exact) mass is 679 g/mol. The van der Waals surface area contributed by atoms with Crippen LogP contribution in [0.1, 0.15) is 75.3 Å². The zero-order chi connectivity index (χ0) is 34.6. The van der Waals surface area contributed by atoms with Crippen LogP contribution in [-0.4, -0.2) is 72.6 Å². The maximum atomic E-state index is 14.1. The highest BCUT2D eigenvalue weighted by molar-refractivity contribution is 6.76. The minimum atomic E-state index is -1.30. The van der Waals surface area contributed by atoms with Crippen molar-refractivity contribution in [3.63, 3.8) is 0 Å². The lowest BCUT2D eigenvalue weighted by molar-refractivity contribution is 0.0487. The van der Waals surface area contributed by atoms with Crippen LogP contribution in [0.2, 0.25) is 25.7 Å². The van der Waals surface area contributed by atoms with Crippen LogP contribution in [-0.2, 0) is 16.2 Å². The van der Waals surface area contributed by atoms with Crippen molar-refractivity contribution in [2.75, 3.05) is 20.3 Å². The third-order valence-electron chi connectivity index (χ3n) is 8.94. The molecule has 12 heteroatoms. The van der Waals surface area contributed by atoms with Gasteiger partial charge in [0.1, 0.15) is 41.4 Å². The SMILES string of the molecule is COc1ccc(OCC2CC2)c(-c2ncnc3c(C(=O)NC4CCC(NC(=O)OC(C)(C)C)CC4)c(C)n(COCC[Si](C)(C)C)c23)c1. The van der Waals surface area contributed by atoms with E-state index in [1.54, 1.807) is 7.11 Å². The zero-order valence-corrected chi connectivity index (χ0v) is 30.9. The quantitative estimate of drug-likeness (QED) is 0.145. The second kappa shape index (κ2) is 14.9. The van der Waals surface area contributed by atoms with E-state index in [0.717, 1.165) is 54.3 Å². The molecule has 262 valence electrons. The fourth-order valence-electron chi connectivity index (χ4n) is 6.01. The smallest absolute Gasteiger partial charge is 0.407 e. The Morgan fingerprint density at radius 1 is 1.00 bits per heavy atom. The summed E-state index contributed by atoms with van der Waals surface area (Å²) in [6.07, 6.45) is 6.47. The molecule has 0 saturated heterocycles. The van der Waals surface area contributed by atoms with Crippen molar-refractivity contribution in [1.82, 2.24) is 25.2 Å². The Labute approximate surface area is 285 Å². The number of hydrogen-bond acceptors (Lipinski definition) is 8. The molecule has 1 aromatic carbocycles. The lowest BCUT2D eigenvalue weighted by Gasteiger charge is -2.30. The van der Waals surface area contributed by atoms with Crippen molar-refractivity contribution >= 4 is 31.1 Å². The summed E-state index contributed by atoms with van der Waals surface area (Å²) >= 11 is 0. The van der Waals surface area contributed by atoms with Gasteiger partial charge in [0.25, 0.3) is 5.91 Å². The van der Waals surface area contributed by atoms with Gasteiger partial charge in [-0.3, -0.25) is 4.79 Å². The molecule has 2 saturated carbocycles. The molecule has 0 atom stereocenters. The van der Waals surface area contributed by atoms with Crippen LogP contribution in [0.3, 0.4) is 0 Å². The highest BCUT2D eigenvalue weighted by Gasteiger charge is 2.30. The first-order valence-electron chi connectivity index (χ1n) is 17.3. The summed E-state index contributed by atoms with van der Waals surface area (Å²) in [7, 11) is 0.337. The van der Waals surface area contributed by atoms with E-state index in [0.29, 0.717) is 41.7 Å². The van der Waals surface area contributed by atoms with Gasteiger partial charge < -0.3 is 34.1 Å². The minimum Gasteiger partial charge on any atom is -0.497 e. The lowest BCUT2D eigenvalue weighted by Crippen LogP contribution is -2.45. The second-order valence-corrected chi connectivity index (χ2v) is 21.1. The van der Waals surface area contributed by atoms with E-state index >= 15 is 0 Å². The highest BCUT2D eigenvalue weighted by atomic mass is 28.3. The number of rotatable bonds is 13. The first-order chi connectivity index (χ1) is 22.7. The highest BCUT2D eigenvalue weighted by Crippen LogP contribution is 2.39. The molecule has 2 aliphatic carbocycles. The van der Waals surface area contributed by atoms with Gasteiger partial charge in [-0.2, -0.15) is 0 Å². The molecule has 0 spiro atoms. The molecule has 2 aromatic heterocycles. The fourth-order valence-corrected chi connectivity index (χ4v) is 6.77. The number of benzene rings is 1. The first kappa shape index (κ1) is 35.7. The maximum Gasteiger partial charge on any atom is 0.407 e. The van der Waals surface area contributed by atoms with Crippen LogP contribution in [0.5, 0.6) is 11.5 Å². The summed E-state index contributed by atoms with van der Waals surface area (Å²) < 4.78 is 25.6. The van der Waals surface area contributed by atoms with Crippen molar-refractivity contribution in [3.05, 3.63) is 35.8 Å². The third-order valence-corrected chi connectivity index (χ3v) is 10.6. The van der Waals surface area contributed by atoms with Crippen LogP contribution in [0.15, 0.2) is 24.5 Å². The summed E-state index contributed by atoms with van der Waals surface area (Å²) in [6, 6.07) is 6.78. The lowest BCUT2D eigenvalue weighted by atomic mass is 9.91. The average molecular weight is 680 g/mol. The Hall–Kier alpha value is -3.64. The normalized spacial score (nSPS) is 18.4. The number of fused-ring (bicyclic) bond motifs is 1. The van der Waals surface area contributed by atoms with Gasteiger partial charge in [-0.05, 0) is 96.4 Å². The number of ether oxygens (including phenoxy) is 4. The molecule has 5 rings (SSSR count). The summed E-state index contributed by atoms with van der Waals surface area (Å²) in [5.41, 5.74) is 3.47. The number of aromatic nitrogens is 3. The van der Waals surface area contributed by atoms with Crippen LogP contribution in [0.4, 0.5) is 4.79 Å². The van der Waals surface area contributed by atoms with Crippen molar-refractivity contribution in [2.24, 2.45) is 5.92 Å². The van der Waals surface area contributed by atoms with Gasteiger partial charge in [0.05, 0.1) is 24.8 Å². The maximum absolute atomic E-state index is 14.1. The molecule has 2 aliphatic rings. The predicted molar refractivity (Wildman–Crippen MR) is 189 cm³/mol. The van der Waals surface area contributed by atoms with Crippen molar-refractivity contribution in [3.8, 4) is 22.8 Å². The molecular weight excluding hydrogens is 627 g/mol. The first-order valence-corrected chi connectivity index (χ1v) is 21.0. The molecule has 11 nitrogen and oxygen atoms in total. The Morgan fingerprint density at radius 2 is 1.69 bits per heavy atom. The van der Waals surface area contributed by atoms with Gasteiger partial charge in [-0.15, -0.1) is 0 Å².